The summed E-state index contributed by atoms with van der Waals surface area (Å²) in [6, 6.07) is 5.60. The number of hydrogen-bond acceptors (Lipinski definition) is 3. The fraction of sp³-hybridized carbons (Fsp3) is 0.556. The first-order valence-electron chi connectivity index (χ1n) is 8.72. The summed E-state index contributed by atoms with van der Waals surface area (Å²) in [5, 5.41) is 5.33. The van der Waals surface area contributed by atoms with E-state index in [-0.39, 0.29) is 24.5 Å². The van der Waals surface area contributed by atoms with E-state index >= 15 is 0 Å². The van der Waals surface area contributed by atoms with Crippen molar-refractivity contribution in [2.45, 2.75) is 44.7 Å². The minimum absolute atomic E-state index is 0.192. The van der Waals surface area contributed by atoms with Crippen LogP contribution in [-0.4, -0.2) is 38.7 Å². The number of hydrogen-bond donors (Lipinski definition) is 3. The SMILES string of the molecule is COc1ccc(Br)cc1C[NH+](C)CC(=O)NC(=O)NC1CCCCC1. The van der Waals surface area contributed by atoms with Crippen molar-refractivity contribution in [3.05, 3.63) is 28.2 Å². The number of amides is 3. The van der Waals surface area contributed by atoms with Crippen LogP contribution in [0.2, 0.25) is 0 Å². The van der Waals surface area contributed by atoms with Gasteiger partial charge < -0.3 is 15.0 Å². The zero-order valence-electron chi connectivity index (χ0n) is 14.9. The first-order chi connectivity index (χ1) is 12.0. The number of imide groups is 1. The maximum absolute atomic E-state index is 12.1. The molecule has 2 rings (SSSR count). The third kappa shape index (κ3) is 6.66. The van der Waals surface area contributed by atoms with Crippen LogP contribution in [0.25, 0.3) is 0 Å². The van der Waals surface area contributed by atoms with Crippen molar-refractivity contribution < 1.29 is 19.2 Å². The number of benzene rings is 1. The van der Waals surface area contributed by atoms with Gasteiger partial charge in [0.05, 0.1) is 14.2 Å². The van der Waals surface area contributed by atoms with Crippen LogP contribution in [0.3, 0.4) is 0 Å². The van der Waals surface area contributed by atoms with E-state index in [9.17, 15) is 9.59 Å². The molecule has 0 spiro atoms. The van der Waals surface area contributed by atoms with Crippen molar-refractivity contribution in [2.24, 2.45) is 0 Å². The predicted molar refractivity (Wildman–Crippen MR) is 99.7 cm³/mol. The fourth-order valence-electron chi connectivity index (χ4n) is 3.19. The van der Waals surface area contributed by atoms with Crippen LogP contribution >= 0.6 is 15.9 Å². The van der Waals surface area contributed by atoms with Crippen molar-refractivity contribution in [1.29, 1.82) is 0 Å². The Labute approximate surface area is 157 Å². The van der Waals surface area contributed by atoms with Gasteiger partial charge in [0.1, 0.15) is 12.3 Å². The number of carbonyl (C=O) groups is 2. The molecule has 0 heterocycles. The summed E-state index contributed by atoms with van der Waals surface area (Å²) in [6.07, 6.45) is 5.50. The lowest BCUT2D eigenvalue weighted by Gasteiger charge is -2.22. The largest absolute Gasteiger partial charge is 0.496 e. The Morgan fingerprint density at radius 3 is 2.68 bits per heavy atom. The topological polar surface area (TPSA) is 71.9 Å². The number of methoxy groups -OCH3 is 1. The van der Waals surface area contributed by atoms with Crippen molar-refractivity contribution in [1.82, 2.24) is 10.6 Å². The third-order valence-corrected chi connectivity index (χ3v) is 4.88. The Kier molecular flexibility index (Phi) is 7.71. The molecule has 3 amide bonds. The second-order valence-electron chi connectivity index (χ2n) is 6.62. The molecule has 1 fully saturated rings. The number of nitrogens with one attached hydrogen (secondary N) is 3. The van der Waals surface area contributed by atoms with Gasteiger partial charge in [-0.3, -0.25) is 10.1 Å². The Hall–Kier alpha value is -1.60. The molecule has 0 aliphatic heterocycles. The minimum Gasteiger partial charge on any atom is -0.496 e. The van der Waals surface area contributed by atoms with Gasteiger partial charge in [-0.1, -0.05) is 35.2 Å². The zero-order valence-corrected chi connectivity index (χ0v) is 16.4. The molecule has 7 heteroatoms. The summed E-state index contributed by atoms with van der Waals surface area (Å²) in [4.78, 5) is 25.0. The first-order valence-corrected chi connectivity index (χ1v) is 9.51. The van der Waals surface area contributed by atoms with Crippen LogP contribution in [0.15, 0.2) is 22.7 Å². The number of quaternary nitrogens is 1. The molecule has 1 atom stereocenters. The van der Waals surface area contributed by atoms with Crippen molar-refractivity contribution >= 4 is 27.9 Å². The normalized spacial score (nSPS) is 16.1. The number of carbonyl (C=O) groups excluding carboxylic acids is 2. The van der Waals surface area contributed by atoms with Gasteiger partial charge in [-0.25, -0.2) is 4.79 Å². The molecule has 0 bridgehead atoms. The molecule has 0 saturated heterocycles. The first kappa shape index (κ1) is 19.7. The summed E-state index contributed by atoms with van der Waals surface area (Å²) in [6.45, 7) is 0.841. The van der Waals surface area contributed by atoms with E-state index < -0.39 is 0 Å². The molecular weight excluding hydrogens is 386 g/mol. The number of urea groups is 1. The summed E-state index contributed by atoms with van der Waals surface area (Å²) in [5.74, 6) is 0.512. The van der Waals surface area contributed by atoms with E-state index in [1.807, 2.05) is 25.2 Å². The summed E-state index contributed by atoms with van der Waals surface area (Å²) in [7, 11) is 3.54. The molecule has 1 aliphatic rings. The van der Waals surface area contributed by atoms with E-state index in [0.717, 1.165) is 46.4 Å². The third-order valence-electron chi connectivity index (χ3n) is 4.39. The molecule has 138 valence electrons. The number of rotatable bonds is 6. The molecule has 25 heavy (non-hydrogen) atoms. The summed E-state index contributed by atoms with van der Waals surface area (Å²) < 4.78 is 6.32. The quantitative estimate of drug-likeness (QED) is 0.664. The second-order valence-corrected chi connectivity index (χ2v) is 7.54. The number of likely N-dealkylation sites (N-methyl/N-ethyl adjacent to an activating group) is 1. The van der Waals surface area contributed by atoms with Gasteiger partial charge in [-0.2, -0.15) is 0 Å². The van der Waals surface area contributed by atoms with E-state index in [2.05, 4.69) is 26.6 Å². The summed E-state index contributed by atoms with van der Waals surface area (Å²) in [5.41, 5.74) is 1.01. The molecule has 1 aliphatic carbocycles. The molecule has 1 aromatic carbocycles. The van der Waals surface area contributed by atoms with Gasteiger partial charge in [0.2, 0.25) is 0 Å². The Balaban J connectivity index is 1.79. The summed E-state index contributed by atoms with van der Waals surface area (Å²) >= 11 is 3.45. The monoisotopic (exact) mass is 412 g/mol. The molecular formula is C18H27BrN3O3+. The smallest absolute Gasteiger partial charge is 0.321 e. The van der Waals surface area contributed by atoms with Crippen LogP contribution in [-0.2, 0) is 11.3 Å². The van der Waals surface area contributed by atoms with E-state index in [1.54, 1.807) is 7.11 Å². The zero-order chi connectivity index (χ0) is 18.2. The molecule has 0 aromatic heterocycles. The molecule has 1 saturated carbocycles. The highest BCUT2D eigenvalue weighted by atomic mass is 79.9. The highest BCUT2D eigenvalue weighted by Gasteiger charge is 2.19. The lowest BCUT2D eigenvalue weighted by atomic mass is 9.96. The molecule has 3 N–H and O–H groups in total. The Bertz CT molecular complexity index is 603. The predicted octanol–water partition coefficient (Wildman–Crippen LogP) is 1.63. The maximum atomic E-state index is 12.1. The number of halogens is 1. The van der Waals surface area contributed by atoms with Crippen molar-refractivity contribution in [2.75, 3.05) is 20.7 Å². The standard InChI is InChI=1S/C18H26BrN3O3/c1-22(11-13-10-14(19)8-9-16(13)25-2)12-17(23)21-18(24)20-15-6-4-3-5-7-15/h8-10,15H,3-7,11-12H2,1-2H3,(H2,20,21,23,24)/p+1. The van der Waals surface area contributed by atoms with Gasteiger partial charge in [-0.05, 0) is 31.0 Å². The average Bonchev–Trinajstić information content (AvgIpc) is 2.55. The van der Waals surface area contributed by atoms with Crippen LogP contribution in [0.1, 0.15) is 37.7 Å². The lowest BCUT2D eigenvalue weighted by Crippen LogP contribution is -3.09. The van der Waals surface area contributed by atoms with Crippen LogP contribution < -0.4 is 20.3 Å². The lowest BCUT2D eigenvalue weighted by molar-refractivity contribution is -0.885. The van der Waals surface area contributed by atoms with Gasteiger partial charge >= 0.3 is 6.03 Å². The molecule has 1 unspecified atom stereocenters. The van der Waals surface area contributed by atoms with Gasteiger partial charge in [0, 0.05) is 16.1 Å². The maximum Gasteiger partial charge on any atom is 0.321 e. The van der Waals surface area contributed by atoms with Gasteiger partial charge in [0.25, 0.3) is 5.91 Å². The fourth-order valence-corrected chi connectivity index (χ4v) is 3.59. The second kappa shape index (κ2) is 9.77. The van der Waals surface area contributed by atoms with Gasteiger partial charge in [0.15, 0.2) is 6.54 Å². The van der Waals surface area contributed by atoms with Gasteiger partial charge in [-0.15, -0.1) is 0 Å². The Morgan fingerprint density at radius 1 is 1.28 bits per heavy atom. The molecule has 1 aromatic rings. The minimum atomic E-state index is -0.385. The van der Waals surface area contributed by atoms with Crippen LogP contribution in [0.4, 0.5) is 4.79 Å². The Morgan fingerprint density at radius 2 is 2.00 bits per heavy atom. The van der Waals surface area contributed by atoms with E-state index in [0.29, 0.717) is 6.54 Å². The van der Waals surface area contributed by atoms with E-state index in [1.165, 1.54) is 6.42 Å². The van der Waals surface area contributed by atoms with Crippen molar-refractivity contribution in [3.63, 3.8) is 0 Å². The van der Waals surface area contributed by atoms with Crippen LogP contribution in [0.5, 0.6) is 5.75 Å². The van der Waals surface area contributed by atoms with E-state index in [4.69, 9.17) is 4.74 Å². The highest BCUT2D eigenvalue weighted by Crippen LogP contribution is 2.22. The molecule has 6 nitrogen and oxygen atoms in total. The van der Waals surface area contributed by atoms with Crippen molar-refractivity contribution in [3.8, 4) is 5.75 Å². The molecule has 0 radical (unpaired) electrons. The van der Waals surface area contributed by atoms with Crippen LogP contribution in [0, 0.1) is 0 Å². The highest BCUT2D eigenvalue weighted by molar-refractivity contribution is 9.10. The number of ether oxygens (including phenoxy) is 1. The average molecular weight is 413 g/mol.